The van der Waals surface area contributed by atoms with Crippen LogP contribution < -0.4 is 10.1 Å². The number of ether oxygens (including phenoxy) is 1. The minimum Gasteiger partial charge on any atom is -0.494 e. The molecule has 26 heavy (non-hydrogen) atoms. The molecule has 3 nitrogen and oxygen atoms in total. The number of carbonyl (C=O) groups is 1. The van der Waals surface area contributed by atoms with Gasteiger partial charge in [0.15, 0.2) is 0 Å². The summed E-state index contributed by atoms with van der Waals surface area (Å²) in [5.41, 5.74) is 2.32. The minimum atomic E-state index is -0.00172. The number of amides is 1. The Balaban J connectivity index is 1.77. The number of carbonyl (C=O) groups excluding carboxylic acids is 1. The fourth-order valence-electron chi connectivity index (χ4n) is 3.59. The fourth-order valence-corrected chi connectivity index (χ4v) is 3.59. The van der Waals surface area contributed by atoms with Crippen molar-refractivity contribution in [2.45, 2.75) is 60.3 Å². The van der Waals surface area contributed by atoms with E-state index in [9.17, 15) is 4.79 Å². The molecule has 1 N–H and O–H groups in total. The monoisotopic (exact) mass is 357 g/mol. The Morgan fingerprint density at radius 1 is 1.15 bits per heavy atom. The Labute approximate surface area is 159 Å². The van der Waals surface area contributed by atoms with Gasteiger partial charge in [0, 0.05) is 12.1 Å². The molecule has 2 atom stereocenters. The van der Waals surface area contributed by atoms with Gasteiger partial charge in [0.1, 0.15) is 5.75 Å². The maximum absolute atomic E-state index is 12.4. The van der Waals surface area contributed by atoms with Crippen molar-refractivity contribution in [1.29, 1.82) is 0 Å². The molecule has 0 aliphatic heterocycles. The molecule has 0 aromatic heterocycles. The second-order valence-electron chi connectivity index (χ2n) is 8.34. The van der Waals surface area contributed by atoms with Crippen molar-refractivity contribution in [3.05, 3.63) is 41.5 Å². The normalized spacial score (nSPS) is 20.3. The van der Waals surface area contributed by atoms with E-state index in [0.29, 0.717) is 17.4 Å². The van der Waals surface area contributed by atoms with Crippen LogP contribution in [0.5, 0.6) is 5.75 Å². The number of hydrogen-bond acceptors (Lipinski definition) is 2. The van der Waals surface area contributed by atoms with Crippen LogP contribution in [-0.4, -0.2) is 19.1 Å². The second kappa shape index (κ2) is 9.25. The Bertz CT molecular complexity index is 612. The number of benzene rings is 1. The molecule has 1 saturated carbocycles. The van der Waals surface area contributed by atoms with Crippen molar-refractivity contribution in [2.24, 2.45) is 17.3 Å². The number of unbranched alkanes of at least 4 members (excludes halogenated alkanes) is 3. The first-order valence-corrected chi connectivity index (χ1v) is 10.0. The lowest BCUT2D eigenvalue weighted by molar-refractivity contribution is 0.0950. The minimum absolute atomic E-state index is 0.00172. The van der Waals surface area contributed by atoms with E-state index in [4.69, 9.17) is 4.74 Å². The zero-order valence-electron chi connectivity index (χ0n) is 17.1. The highest BCUT2D eigenvalue weighted by molar-refractivity contribution is 5.94. The van der Waals surface area contributed by atoms with Crippen molar-refractivity contribution in [3.63, 3.8) is 0 Å². The van der Waals surface area contributed by atoms with Gasteiger partial charge in [-0.15, -0.1) is 0 Å². The summed E-state index contributed by atoms with van der Waals surface area (Å²) in [5.74, 6) is 1.92. The van der Waals surface area contributed by atoms with Gasteiger partial charge in [-0.1, -0.05) is 51.7 Å². The molecule has 2 rings (SSSR count). The Morgan fingerprint density at radius 2 is 1.85 bits per heavy atom. The Kier molecular flexibility index (Phi) is 7.31. The van der Waals surface area contributed by atoms with Gasteiger partial charge in [0.2, 0.25) is 0 Å². The van der Waals surface area contributed by atoms with Gasteiger partial charge in [-0.25, -0.2) is 0 Å². The molecule has 1 amide bonds. The predicted molar refractivity (Wildman–Crippen MR) is 109 cm³/mol. The molecule has 0 unspecified atom stereocenters. The summed E-state index contributed by atoms with van der Waals surface area (Å²) in [4.78, 5) is 12.4. The first-order valence-electron chi connectivity index (χ1n) is 10.0. The van der Waals surface area contributed by atoms with Crippen molar-refractivity contribution >= 4 is 5.91 Å². The molecule has 1 aromatic carbocycles. The largest absolute Gasteiger partial charge is 0.494 e. The van der Waals surface area contributed by atoms with Gasteiger partial charge in [-0.05, 0) is 61.8 Å². The summed E-state index contributed by atoms with van der Waals surface area (Å²) >= 11 is 0. The number of hydrogen-bond donors (Lipinski definition) is 1. The maximum Gasteiger partial charge on any atom is 0.251 e. The van der Waals surface area contributed by atoms with Gasteiger partial charge >= 0.3 is 0 Å². The summed E-state index contributed by atoms with van der Waals surface area (Å²) in [6, 6.07) is 7.48. The van der Waals surface area contributed by atoms with Crippen molar-refractivity contribution in [1.82, 2.24) is 5.32 Å². The number of allylic oxidation sites excluding steroid dienone is 2. The van der Waals surface area contributed by atoms with Gasteiger partial charge in [-0.2, -0.15) is 0 Å². The molecule has 1 aliphatic carbocycles. The van der Waals surface area contributed by atoms with Crippen molar-refractivity contribution in [3.8, 4) is 5.75 Å². The van der Waals surface area contributed by atoms with Crippen LogP contribution in [0.2, 0.25) is 0 Å². The van der Waals surface area contributed by atoms with Crippen LogP contribution in [0, 0.1) is 17.3 Å². The molecule has 0 saturated heterocycles. The first kappa shape index (κ1) is 20.5. The lowest BCUT2D eigenvalue weighted by Gasteiger charge is -2.08. The molecule has 1 aliphatic rings. The molecule has 1 aromatic rings. The Hall–Kier alpha value is -1.77. The zero-order valence-corrected chi connectivity index (χ0v) is 17.1. The van der Waals surface area contributed by atoms with Gasteiger partial charge in [-0.3, -0.25) is 4.79 Å². The quantitative estimate of drug-likeness (QED) is 0.436. The van der Waals surface area contributed by atoms with Gasteiger partial charge < -0.3 is 10.1 Å². The fraction of sp³-hybridized carbons (Fsp3) is 0.609. The lowest BCUT2D eigenvalue weighted by atomic mass is 10.1. The molecular weight excluding hydrogens is 322 g/mol. The highest BCUT2D eigenvalue weighted by Gasteiger charge is 2.55. The summed E-state index contributed by atoms with van der Waals surface area (Å²) in [5, 5.41) is 3.10. The third kappa shape index (κ3) is 5.62. The van der Waals surface area contributed by atoms with Crippen molar-refractivity contribution < 1.29 is 9.53 Å². The van der Waals surface area contributed by atoms with Crippen LogP contribution in [0.3, 0.4) is 0 Å². The Morgan fingerprint density at radius 3 is 2.46 bits per heavy atom. The molecule has 3 heteroatoms. The summed E-state index contributed by atoms with van der Waals surface area (Å²) in [6.45, 7) is 12.5. The molecule has 0 heterocycles. The average Bonchev–Trinajstić information content (AvgIpc) is 3.11. The smallest absolute Gasteiger partial charge is 0.251 e. The predicted octanol–water partition coefficient (Wildman–Crippen LogP) is 5.61. The molecule has 0 bridgehead atoms. The number of nitrogens with one attached hydrogen (secondary N) is 1. The molecule has 144 valence electrons. The molecular formula is C23H35NO2. The van der Waals surface area contributed by atoms with E-state index in [1.165, 1.54) is 24.8 Å². The van der Waals surface area contributed by atoms with Crippen LogP contribution in [0.1, 0.15) is 70.7 Å². The highest BCUT2D eigenvalue weighted by atomic mass is 16.5. The maximum atomic E-state index is 12.4. The van der Waals surface area contributed by atoms with Gasteiger partial charge in [0.05, 0.1) is 6.61 Å². The van der Waals surface area contributed by atoms with Crippen LogP contribution in [0.15, 0.2) is 35.9 Å². The van der Waals surface area contributed by atoms with Crippen LogP contribution >= 0.6 is 0 Å². The number of rotatable bonds is 10. The first-order chi connectivity index (χ1) is 12.4. The van der Waals surface area contributed by atoms with Gasteiger partial charge in [0.25, 0.3) is 5.91 Å². The van der Waals surface area contributed by atoms with Crippen LogP contribution in [0.25, 0.3) is 0 Å². The van der Waals surface area contributed by atoms with E-state index < -0.39 is 0 Å². The van der Waals surface area contributed by atoms with E-state index in [2.05, 4.69) is 46.0 Å². The lowest BCUT2D eigenvalue weighted by Crippen LogP contribution is -2.26. The highest BCUT2D eigenvalue weighted by Crippen LogP contribution is 2.58. The summed E-state index contributed by atoms with van der Waals surface area (Å²) in [7, 11) is 0. The van der Waals surface area contributed by atoms with Crippen LogP contribution in [0.4, 0.5) is 0 Å². The second-order valence-corrected chi connectivity index (χ2v) is 8.34. The average molecular weight is 358 g/mol. The summed E-state index contributed by atoms with van der Waals surface area (Å²) < 4.78 is 5.74. The van der Waals surface area contributed by atoms with E-state index in [1.54, 1.807) is 0 Å². The van der Waals surface area contributed by atoms with E-state index in [0.717, 1.165) is 25.3 Å². The topological polar surface area (TPSA) is 38.3 Å². The third-order valence-corrected chi connectivity index (χ3v) is 5.52. The molecule has 0 spiro atoms. The van der Waals surface area contributed by atoms with E-state index in [-0.39, 0.29) is 11.3 Å². The SMILES string of the molecule is CCCCCCOc1ccc(C(=O)NC[C@@H]2[C@H](C=C(C)C)C2(C)C)cc1. The zero-order chi connectivity index (χ0) is 19.2. The van der Waals surface area contributed by atoms with Crippen molar-refractivity contribution in [2.75, 3.05) is 13.2 Å². The molecule has 0 radical (unpaired) electrons. The van der Waals surface area contributed by atoms with E-state index in [1.807, 2.05) is 24.3 Å². The van der Waals surface area contributed by atoms with E-state index >= 15 is 0 Å². The van der Waals surface area contributed by atoms with Crippen LogP contribution in [-0.2, 0) is 0 Å². The standard InChI is InChI=1S/C23H35NO2/c1-6-7-8-9-14-26-19-12-10-18(11-13-19)22(25)24-16-21-20(15-17(2)3)23(21,4)5/h10-13,15,20-21H,6-9,14,16H2,1-5H3,(H,24,25)/t20-,21+/m0/s1. The third-order valence-electron chi connectivity index (χ3n) is 5.52. The summed E-state index contributed by atoms with van der Waals surface area (Å²) in [6.07, 6.45) is 7.12. The molecule has 1 fully saturated rings.